The summed E-state index contributed by atoms with van der Waals surface area (Å²) in [6.07, 6.45) is 1.18. The lowest BCUT2D eigenvalue weighted by Crippen LogP contribution is -2.52. The Kier molecular flexibility index (Phi) is 4.98. The Balaban J connectivity index is 1.79. The molecule has 7 nitrogen and oxygen atoms in total. The molecule has 7 heteroatoms. The molecule has 0 spiro atoms. The fourth-order valence-corrected chi connectivity index (χ4v) is 2.33. The van der Waals surface area contributed by atoms with Crippen molar-refractivity contribution in [2.24, 2.45) is 0 Å². The highest BCUT2D eigenvalue weighted by Crippen LogP contribution is 2.11. The summed E-state index contributed by atoms with van der Waals surface area (Å²) in [4.78, 5) is 24.3. The second-order valence-corrected chi connectivity index (χ2v) is 4.87. The maximum Gasteiger partial charge on any atom is 0.317 e. The maximum absolute atomic E-state index is 12.1. The number of carboxylic acids is 1. The molecule has 1 unspecified atom stereocenters. The minimum absolute atomic E-state index is 0.0684. The van der Waals surface area contributed by atoms with Gasteiger partial charge in [0.1, 0.15) is 0 Å². The summed E-state index contributed by atoms with van der Waals surface area (Å²) in [6.45, 7) is 2.58. The van der Waals surface area contributed by atoms with E-state index in [1.54, 1.807) is 4.90 Å². The Morgan fingerprint density at radius 1 is 1.26 bits per heavy atom. The van der Waals surface area contributed by atoms with Crippen LogP contribution in [0.25, 0.3) is 0 Å². The van der Waals surface area contributed by atoms with Crippen molar-refractivity contribution in [3.8, 4) is 0 Å². The van der Waals surface area contributed by atoms with Gasteiger partial charge < -0.3 is 24.8 Å². The number of morpholine rings is 1. The molecular weight excluding hydrogens is 252 g/mol. The minimum atomic E-state index is -0.906. The van der Waals surface area contributed by atoms with E-state index in [1.165, 1.54) is 0 Å². The Morgan fingerprint density at radius 2 is 2.00 bits per heavy atom. The van der Waals surface area contributed by atoms with Gasteiger partial charge in [0.15, 0.2) is 0 Å². The SMILES string of the molecule is O=C(O)CC1CN(C(=O)NC2CCOCC2)CCO1. The van der Waals surface area contributed by atoms with Gasteiger partial charge in [-0.1, -0.05) is 0 Å². The van der Waals surface area contributed by atoms with Crippen molar-refractivity contribution >= 4 is 12.0 Å². The van der Waals surface area contributed by atoms with Crippen LogP contribution in [-0.4, -0.2) is 67.1 Å². The number of hydrogen-bond acceptors (Lipinski definition) is 4. The number of nitrogens with zero attached hydrogens (tertiary/aromatic N) is 1. The van der Waals surface area contributed by atoms with Gasteiger partial charge in [-0.2, -0.15) is 0 Å². The summed E-state index contributed by atoms with van der Waals surface area (Å²) in [5.41, 5.74) is 0. The van der Waals surface area contributed by atoms with E-state index >= 15 is 0 Å². The highest BCUT2D eigenvalue weighted by atomic mass is 16.5. The largest absolute Gasteiger partial charge is 0.481 e. The van der Waals surface area contributed by atoms with Crippen molar-refractivity contribution in [1.82, 2.24) is 10.2 Å². The number of carbonyl (C=O) groups excluding carboxylic acids is 1. The van der Waals surface area contributed by atoms with Gasteiger partial charge in [0.2, 0.25) is 0 Å². The smallest absolute Gasteiger partial charge is 0.317 e. The number of urea groups is 1. The number of nitrogens with one attached hydrogen (secondary N) is 1. The number of rotatable bonds is 3. The standard InChI is InChI=1S/C12H20N2O5/c15-11(16)7-10-8-14(3-6-19-10)12(17)13-9-1-4-18-5-2-9/h9-10H,1-8H2,(H,13,17)(H,15,16). The molecule has 1 atom stereocenters. The third-order valence-corrected chi connectivity index (χ3v) is 3.38. The van der Waals surface area contributed by atoms with E-state index in [0.717, 1.165) is 12.8 Å². The monoisotopic (exact) mass is 272 g/mol. The molecule has 0 radical (unpaired) electrons. The predicted molar refractivity (Wildman–Crippen MR) is 65.9 cm³/mol. The Morgan fingerprint density at radius 3 is 2.68 bits per heavy atom. The number of carboxylic acid groups (broad SMARTS) is 1. The van der Waals surface area contributed by atoms with Crippen LogP contribution in [0.4, 0.5) is 4.79 Å². The van der Waals surface area contributed by atoms with Crippen molar-refractivity contribution in [3.63, 3.8) is 0 Å². The van der Waals surface area contributed by atoms with Crippen molar-refractivity contribution < 1.29 is 24.2 Å². The fraction of sp³-hybridized carbons (Fsp3) is 0.833. The van der Waals surface area contributed by atoms with E-state index < -0.39 is 12.1 Å². The van der Waals surface area contributed by atoms with E-state index in [0.29, 0.717) is 32.9 Å². The lowest BCUT2D eigenvalue weighted by Gasteiger charge is -2.34. The van der Waals surface area contributed by atoms with Crippen molar-refractivity contribution in [2.45, 2.75) is 31.4 Å². The number of carbonyl (C=O) groups is 2. The zero-order valence-corrected chi connectivity index (χ0v) is 10.8. The van der Waals surface area contributed by atoms with E-state index in [4.69, 9.17) is 14.6 Å². The third kappa shape index (κ3) is 4.36. The molecule has 2 fully saturated rings. The Labute approximate surface area is 111 Å². The molecule has 0 bridgehead atoms. The quantitative estimate of drug-likeness (QED) is 0.758. The fourth-order valence-electron chi connectivity index (χ4n) is 2.33. The van der Waals surface area contributed by atoms with Crippen LogP contribution in [0.5, 0.6) is 0 Å². The van der Waals surface area contributed by atoms with Crippen LogP contribution >= 0.6 is 0 Å². The number of aliphatic carboxylic acids is 1. The first kappa shape index (κ1) is 14.1. The summed E-state index contributed by atoms with van der Waals surface area (Å²) in [7, 11) is 0. The van der Waals surface area contributed by atoms with Crippen LogP contribution in [0, 0.1) is 0 Å². The average molecular weight is 272 g/mol. The molecule has 0 saturated carbocycles. The minimum Gasteiger partial charge on any atom is -0.481 e. The first-order valence-electron chi connectivity index (χ1n) is 6.61. The van der Waals surface area contributed by atoms with Gasteiger partial charge in [-0.3, -0.25) is 4.79 Å². The van der Waals surface area contributed by atoms with Gasteiger partial charge in [-0.05, 0) is 12.8 Å². The van der Waals surface area contributed by atoms with Crippen LogP contribution in [0.15, 0.2) is 0 Å². The topological polar surface area (TPSA) is 88.1 Å². The predicted octanol–water partition coefficient (Wildman–Crippen LogP) is 0.0505. The molecule has 0 aromatic carbocycles. The molecule has 2 saturated heterocycles. The van der Waals surface area contributed by atoms with Gasteiger partial charge in [0.25, 0.3) is 0 Å². The van der Waals surface area contributed by atoms with Crippen molar-refractivity contribution in [1.29, 1.82) is 0 Å². The second kappa shape index (κ2) is 6.72. The molecular formula is C12H20N2O5. The summed E-state index contributed by atoms with van der Waals surface area (Å²) >= 11 is 0. The molecule has 2 heterocycles. The van der Waals surface area contributed by atoms with Crippen LogP contribution in [0.2, 0.25) is 0 Å². The average Bonchev–Trinajstić information content (AvgIpc) is 2.39. The summed E-state index contributed by atoms with van der Waals surface area (Å²) in [5, 5.41) is 11.7. The molecule has 2 N–H and O–H groups in total. The van der Waals surface area contributed by atoms with Gasteiger partial charge >= 0.3 is 12.0 Å². The van der Waals surface area contributed by atoms with E-state index in [9.17, 15) is 9.59 Å². The summed E-state index contributed by atoms with van der Waals surface area (Å²) < 4.78 is 10.6. The zero-order chi connectivity index (χ0) is 13.7. The maximum atomic E-state index is 12.1. The lowest BCUT2D eigenvalue weighted by atomic mass is 10.1. The molecule has 0 aromatic rings. The lowest BCUT2D eigenvalue weighted by molar-refractivity contribution is -0.141. The molecule has 0 aromatic heterocycles. The molecule has 2 rings (SSSR count). The highest BCUT2D eigenvalue weighted by Gasteiger charge is 2.27. The first-order chi connectivity index (χ1) is 9.15. The Bertz CT molecular complexity index is 330. The van der Waals surface area contributed by atoms with Gasteiger partial charge in [0.05, 0.1) is 19.1 Å². The molecule has 19 heavy (non-hydrogen) atoms. The number of ether oxygens (including phenoxy) is 2. The van der Waals surface area contributed by atoms with E-state index in [2.05, 4.69) is 5.32 Å². The van der Waals surface area contributed by atoms with Crippen LogP contribution in [-0.2, 0) is 14.3 Å². The van der Waals surface area contributed by atoms with Gasteiger partial charge in [0, 0.05) is 32.3 Å². The first-order valence-corrected chi connectivity index (χ1v) is 6.61. The molecule has 2 amide bonds. The number of hydrogen-bond donors (Lipinski definition) is 2. The number of amides is 2. The molecule has 2 aliphatic rings. The van der Waals surface area contributed by atoms with Crippen LogP contribution in [0.3, 0.4) is 0 Å². The highest BCUT2D eigenvalue weighted by molar-refractivity contribution is 5.75. The van der Waals surface area contributed by atoms with E-state index in [-0.39, 0.29) is 18.5 Å². The third-order valence-electron chi connectivity index (χ3n) is 3.38. The zero-order valence-electron chi connectivity index (χ0n) is 10.8. The molecule has 2 aliphatic heterocycles. The molecule has 0 aliphatic carbocycles. The van der Waals surface area contributed by atoms with Crippen LogP contribution in [0.1, 0.15) is 19.3 Å². The van der Waals surface area contributed by atoms with Gasteiger partial charge in [-0.25, -0.2) is 4.79 Å². The van der Waals surface area contributed by atoms with Gasteiger partial charge in [-0.15, -0.1) is 0 Å². The molecule has 108 valence electrons. The normalized spacial score (nSPS) is 25.1. The van der Waals surface area contributed by atoms with Crippen molar-refractivity contribution in [2.75, 3.05) is 32.9 Å². The second-order valence-electron chi connectivity index (χ2n) is 4.87. The van der Waals surface area contributed by atoms with Crippen LogP contribution < -0.4 is 5.32 Å². The Hall–Kier alpha value is -1.34. The van der Waals surface area contributed by atoms with E-state index in [1.807, 2.05) is 0 Å². The van der Waals surface area contributed by atoms with Crippen molar-refractivity contribution in [3.05, 3.63) is 0 Å². The summed E-state index contributed by atoms with van der Waals surface area (Å²) in [6, 6.07) is 0.0209. The summed E-state index contributed by atoms with van der Waals surface area (Å²) in [5.74, 6) is -0.906.